The summed E-state index contributed by atoms with van der Waals surface area (Å²) in [5.41, 5.74) is 2.04. The summed E-state index contributed by atoms with van der Waals surface area (Å²) in [7, 11) is 0. The van der Waals surface area contributed by atoms with Gasteiger partial charge in [-0.15, -0.1) is 11.8 Å². The van der Waals surface area contributed by atoms with Crippen LogP contribution in [0.3, 0.4) is 0 Å². The van der Waals surface area contributed by atoms with E-state index in [1.54, 1.807) is 11.8 Å². The fourth-order valence-corrected chi connectivity index (χ4v) is 4.30. The molecule has 7 heteroatoms. The zero-order valence-electron chi connectivity index (χ0n) is 16.8. The molecule has 1 N–H and O–H groups in total. The van der Waals surface area contributed by atoms with Crippen molar-refractivity contribution >= 4 is 51.1 Å². The number of benzene rings is 2. The van der Waals surface area contributed by atoms with Gasteiger partial charge in [0.05, 0.1) is 5.75 Å². The van der Waals surface area contributed by atoms with Crippen LogP contribution in [0.15, 0.2) is 53.0 Å². The van der Waals surface area contributed by atoms with Gasteiger partial charge in [-0.2, -0.15) is 0 Å². The average molecular weight is 498 g/mol. The largest absolute Gasteiger partial charge is 0.352 e. The second-order valence-corrected chi connectivity index (χ2v) is 9.45. The minimum Gasteiger partial charge on any atom is -0.352 e. The lowest BCUT2D eigenvalue weighted by Crippen LogP contribution is -2.49. The molecule has 29 heavy (non-hydrogen) atoms. The van der Waals surface area contributed by atoms with Crippen LogP contribution in [0.2, 0.25) is 5.02 Å². The van der Waals surface area contributed by atoms with E-state index >= 15 is 0 Å². The van der Waals surface area contributed by atoms with E-state index < -0.39 is 6.04 Å². The van der Waals surface area contributed by atoms with Gasteiger partial charge in [0, 0.05) is 27.8 Å². The van der Waals surface area contributed by atoms with Crippen LogP contribution < -0.4 is 5.32 Å². The Morgan fingerprint density at radius 3 is 2.45 bits per heavy atom. The van der Waals surface area contributed by atoms with Crippen molar-refractivity contribution in [3.05, 3.63) is 69.2 Å². The predicted octanol–water partition coefficient (Wildman–Crippen LogP) is 5.28. The Kier molecular flexibility index (Phi) is 9.53. The van der Waals surface area contributed by atoms with Crippen molar-refractivity contribution in [2.45, 2.75) is 45.2 Å². The summed E-state index contributed by atoms with van der Waals surface area (Å²) in [5, 5.41) is 3.58. The standard InChI is InChI=1S/C22H26BrClN2O2S/c1-15(2)25-22(28)16(3)26(12-17-6-4-8-19(23)10-17)21(27)14-29-13-18-7-5-9-20(24)11-18/h4-11,15-16H,12-14H2,1-3H3,(H,25,28)/t16-/m1/s1. The first-order valence-corrected chi connectivity index (χ1v) is 11.8. The van der Waals surface area contributed by atoms with Crippen molar-refractivity contribution < 1.29 is 9.59 Å². The maximum absolute atomic E-state index is 13.0. The van der Waals surface area contributed by atoms with Crippen LogP contribution >= 0.6 is 39.3 Å². The molecule has 0 bridgehead atoms. The van der Waals surface area contributed by atoms with E-state index in [0.717, 1.165) is 15.6 Å². The van der Waals surface area contributed by atoms with Crippen molar-refractivity contribution in [3.8, 4) is 0 Å². The van der Waals surface area contributed by atoms with Crippen molar-refractivity contribution in [2.75, 3.05) is 5.75 Å². The van der Waals surface area contributed by atoms with Crippen LogP contribution in [0.25, 0.3) is 0 Å². The Balaban J connectivity index is 2.07. The highest BCUT2D eigenvalue weighted by Gasteiger charge is 2.26. The molecule has 0 aliphatic rings. The molecule has 0 saturated carbocycles. The highest BCUT2D eigenvalue weighted by molar-refractivity contribution is 9.10. The third kappa shape index (κ3) is 8.03. The molecular formula is C22H26BrClN2O2S. The fraction of sp³-hybridized carbons (Fsp3) is 0.364. The summed E-state index contributed by atoms with van der Waals surface area (Å²) in [6.45, 7) is 5.97. The Hall–Kier alpha value is -1.50. The smallest absolute Gasteiger partial charge is 0.242 e. The van der Waals surface area contributed by atoms with E-state index in [-0.39, 0.29) is 17.9 Å². The number of thioether (sulfide) groups is 1. The lowest BCUT2D eigenvalue weighted by molar-refractivity contribution is -0.138. The molecule has 0 aliphatic carbocycles. The van der Waals surface area contributed by atoms with Crippen LogP contribution in [-0.4, -0.2) is 34.6 Å². The number of amides is 2. The van der Waals surface area contributed by atoms with Gasteiger partial charge in [-0.3, -0.25) is 9.59 Å². The number of nitrogens with one attached hydrogen (secondary N) is 1. The molecule has 2 amide bonds. The van der Waals surface area contributed by atoms with Gasteiger partial charge in [0.15, 0.2) is 0 Å². The number of rotatable bonds is 9. The fourth-order valence-electron chi connectivity index (χ4n) is 2.79. The summed E-state index contributed by atoms with van der Waals surface area (Å²) in [6, 6.07) is 14.9. The van der Waals surface area contributed by atoms with E-state index in [4.69, 9.17) is 11.6 Å². The number of halogens is 2. The molecule has 0 heterocycles. The lowest BCUT2D eigenvalue weighted by Gasteiger charge is -2.29. The van der Waals surface area contributed by atoms with Gasteiger partial charge in [0.2, 0.25) is 11.8 Å². The van der Waals surface area contributed by atoms with Crippen LogP contribution in [0.5, 0.6) is 0 Å². The average Bonchev–Trinajstić information content (AvgIpc) is 2.65. The van der Waals surface area contributed by atoms with Crippen LogP contribution in [-0.2, 0) is 21.9 Å². The van der Waals surface area contributed by atoms with Gasteiger partial charge >= 0.3 is 0 Å². The van der Waals surface area contributed by atoms with Crippen molar-refractivity contribution in [1.82, 2.24) is 10.2 Å². The Bertz CT molecular complexity index is 847. The molecule has 0 aliphatic heterocycles. The van der Waals surface area contributed by atoms with E-state index in [9.17, 15) is 9.59 Å². The second-order valence-electron chi connectivity index (χ2n) is 7.11. The quantitative estimate of drug-likeness (QED) is 0.513. The van der Waals surface area contributed by atoms with Gasteiger partial charge in [-0.1, -0.05) is 51.8 Å². The minimum atomic E-state index is -0.560. The van der Waals surface area contributed by atoms with Crippen molar-refractivity contribution in [3.63, 3.8) is 0 Å². The van der Waals surface area contributed by atoms with Gasteiger partial charge in [0.1, 0.15) is 6.04 Å². The normalized spacial score (nSPS) is 11.9. The minimum absolute atomic E-state index is 0.0185. The molecule has 0 fully saturated rings. The van der Waals surface area contributed by atoms with Gasteiger partial charge < -0.3 is 10.2 Å². The first-order chi connectivity index (χ1) is 13.8. The number of carbonyl (C=O) groups is 2. The highest BCUT2D eigenvalue weighted by atomic mass is 79.9. The number of hydrogen-bond donors (Lipinski definition) is 1. The van der Waals surface area contributed by atoms with Crippen molar-refractivity contribution in [1.29, 1.82) is 0 Å². The molecule has 0 aromatic heterocycles. The molecule has 0 spiro atoms. The van der Waals surface area contributed by atoms with E-state index in [0.29, 0.717) is 23.1 Å². The zero-order chi connectivity index (χ0) is 21.4. The van der Waals surface area contributed by atoms with E-state index in [2.05, 4.69) is 21.2 Å². The first kappa shape index (κ1) is 23.8. The van der Waals surface area contributed by atoms with Gasteiger partial charge in [-0.25, -0.2) is 0 Å². The molecule has 0 radical (unpaired) electrons. The predicted molar refractivity (Wildman–Crippen MR) is 125 cm³/mol. The molecule has 156 valence electrons. The molecule has 2 rings (SSSR count). The third-order valence-corrected chi connectivity index (χ3v) is 5.94. The summed E-state index contributed by atoms with van der Waals surface area (Å²) in [4.78, 5) is 27.2. The number of carbonyl (C=O) groups excluding carboxylic acids is 2. The summed E-state index contributed by atoms with van der Waals surface area (Å²) < 4.78 is 0.942. The molecular weight excluding hydrogens is 472 g/mol. The molecule has 4 nitrogen and oxygen atoms in total. The number of hydrogen-bond acceptors (Lipinski definition) is 3. The van der Waals surface area contributed by atoms with Crippen LogP contribution in [0.1, 0.15) is 31.9 Å². The molecule has 2 aromatic rings. The SMILES string of the molecule is CC(C)NC(=O)[C@@H](C)N(Cc1cccc(Br)c1)C(=O)CSCc1cccc(Cl)c1. The summed E-state index contributed by atoms with van der Waals surface area (Å²) in [5.74, 6) is 0.759. The Labute approximate surface area is 190 Å². The molecule has 0 unspecified atom stereocenters. The highest BCUT2D eigenvalue weighted by Crippen LogP contribution is 2.19. The maximum Gasteiger partial charge on any atom is 0.242 e. The Morgan fingerprint density at radius 1 is 1.10 bits per heavy atom. The number of nitrogens with zero attached hydrogens (tertiary/aromatic N) is 1. The lowest BCUT2D eigenvalue weighted by atomic mass is 10.1. The first-order valence-electron chi connectivity index (χ1n) is 9.42. The van der Waals surface area contributed by atoms with E-state index in [1.165, 1.54) is 11.8 Å². The molecule has 1 atom stereocenters. The van der Waals surface area contributed by atoms with Gasteiger partial charge in [-0.05, 0) is 56.2 Å². The van der Waals surface area contributed by atoms with Crippen molar-refractivity contribution in [2.24, 2.45) is 0 Å². The zero-order valence-corrected chi connectivity index (χ0v) is 20.0. The summed E-state index contributed by atoms with van der Waals surface area (Å²) in [6.07, 6.45) is 0. The Morgan fingerprint density at radius 2 is 1.79 bits per heavy atom. The van der Waals surface area contributed by atoms with E-state index in [1.807, 2.05) is 62.4 Å². The monoisotopic (exact) mass is 496 g/mol. The molecule has 2 aromatic carbocycles. The topological polar surface area (TPSA) is 49.4 Å². The maximum atomic E-state index is 13.0. The van der Waals surface area contributed by atoms with Crippen LogP contribution in [0.4, 0.5) is 0 Å². The second kappa shape index (κ2) is 11.6. The van der Waals surface area contributed by atoms with Gasteiger partial charge in [0.25, 0.3) is 0 Å². The third-order valence-electron chi connectivity index (χ3n) is 4.22. The summed E-state index contributed by atoms with van der Waals surface area (Å²) >= 11 is 11.0. The van der Waals surface area contributed by atoms with Crippen LogP contribution in [0, 0.1) is 0 Å². The molecule has 0 saturated heterocycles.